The van der Waals surface area contributed by atoms with Crippen molar-refractivity contribution in [1.82, 2.24) is 15.0 Å². The van der Waals surface area contributed by atoms with Crippen LogP contribution in [0.2, 0.25) is 0 Å². The Labute approximate surface area is 119 Å². The van der Waals surface area contributed by atoms with Crippen molar-refractivity contribution in [1.29, 1.82) is 0 Å². The Balaban J connectivity index is 2.44. The number of ether oxygens (including phenoxy) is 1. The summed E-state index contributed by atoms with van der Waals surface area (Å²) in [6, 6.07) is 2.81. The van der Waals surface area contributed by atoms with Gasteiger partial charge in [-0.1, -0.05) is 0 Å². The number of aromatic nitrogens is 3. The number of nitrogens with two attached hydrogens (primary N) is 1. The van der Waals surface area contributed by atoms with Crippen molar-refractivity contribution in [2.24, 2.45) is 0 Å². The van der Waals surface area contributed by atoms with Crippen LogP contribution in [-0.2, 0) is 6.18 Å². The van der Waals surface area contributed by atoms with Gasteiger partial charge in [0.05, 0.1) is 18.0 Å². The van der Waals surface area contributed by atoms with Gasteiger partial charge in [0.1, 0.15) is 11.6 Å². The summed E-state index contributed by atoms with van der Waals surface area (Å²) in [6.45, 7) is 3.66. The number of anilines is 1. The molecule has 0 aliphatic carbocycles. The molecule has 0 bridgehead atoms. The van der Waals surface area contributed by atoms with E-state index in [9.17, 15) is 13.2 Å². The molecule has 0 spiro atoms. The van der Waals surface area contributed by atoms with E-state index in [1.165, 1.54) is 18.5 Å². The molecule has 2 heterocycles. The van der Waals surface area contributed by atoms with Crippen LogP contribution in [0.25, 0.3) is 11.3 Å². The summed E-state index contributed by atoms with van der Waals surface area (Å²) in [5.41, 5.74) is 5.82. The molecule has 0 aromatic carbocycles. The third kappa shape index (κ3) is 3.80. The highest BCUT2D eigenvalue weighted by molar-refractivity contribution is 5.62. The van der Waals surface area contributed by atoms with Gasteiger partial charge in [-0.2, -0.15) is 13.2 Å². The lowest BCUT2D eigenvalue weighted by atomic mass is 10.2. The molecular weight excluding hydrogens is 285 g/mol. The second-order valence-electron chi connectivity index (χ2n) is 4.58. The summed E-state index contributed by atoms with van der Waals surface area (Å²) in [6.07, 6.45) is -1.89. The van der Waals surface area contributed by atoms with Crippen molar-refractivity contribution in [2.75, 3.05) is 5.73 Å². The van der Waals surface area contributed by atoms with Gasteiger partial charge in [-0.15, -0.1) is 0 Å². The summed E-state index contributed by atoms with van der Waals surface area (Å²) >= 11 is 0. The highest BCUT2D eigenvalue weighted by Gasteiger charge is 2.35. The minimum absolute atomic E-state index is 0.0385. The Morgan fingerprint density at radius 3 is 2.48 bits per heavy atom. The molecule has 0 fully saturated rings. The highest BCUT2D eigenvalue weighted by Crippen LogP contribution is 2.29. The number of alkyl halides is 3. The zero-order valence-corrected chi connectivity index (χ0v) is 11.3. The van der Waals surface area contributed by atoms with Crippen LogP contribution in [0.5, 0.6) is 5.75 Å². The smallest absolute Gasteiger partial charge is 0.451 e. The first-order valence-electron chi connectivity index (χ1n) is 6.09. The van der Waals surface area contributed by atoms with E-state index < -0.39 is 12.0 Å². The minimum atomic E-state index is -4.66. The first-order valence-corrected chi connectivity index (χ1v) is 6.09. The van der Waals surface area contributed by atoms with Crippen LogP contribution in [0, 0.1) is 0 Å². The van der Waals surface area contributed by atoms with Crippen LogP contribution in [0.1, 0.15) is 19.7 Å². The van der Waals surface area contributed by atoms with Crippen molar-refractivity contribution in [2.45, 2.75) is 26.1 Å². The summed E-state index contributed by atoms with van der Waals surface area (Å²) in [5.74, 6) is -1.11. The monoisotopic (exact) mass is 298 g/mol. The van der Waals surface area contributed by atoms with Gasteiger partial charge in [0.2, 0.25) is 5.82 Å². The van der Waals surface area contributed by atoms with Gasteiger partial charge in [0, 0.05) is 17.8 Å². The SMILES string of the molecule is CC(C)Oc1cncc(-c2cc(N)nc(C(F)(F)F)n2)c1. The fraction of sp³-hybridized carbons (Fsp3) is 0.308. The summed E-state index contributed by atoms with van der Waals surface area (Å²) < 4.78 is 43.5. The molecule has 0 radical (unpaired) electrons. The zero-order chi connectivity index (χ0) is 15.6. The van der Waals surface area contributed by atoms with E-state index in [-0.39, 0.29) is 17.6 Å². The molecule has 0 atom stereocenters. The zero-order valence-electron chi connectivity index (χ0n) is 11.3. The summed E-state index contributed by atoms with van der Waals surface area (Å²) in [5, 5.41) is 0. The highest BCUT2D eigenvalue weighted by atomic mass is 19.4. The number of halogens is 3. The largest absolute Gasteiger partial charge is 0.489 e. The van der Waals surface area contributed by atoms with Gasteiger partial charge in [-0.3, -0.25) is 4.98 Å². The topological polar surface area (TPSA) is 73.9 Å². The van der Waals surface area contributed by atoms with Crippen LogP contribution in [0.15, 0.2) is 24.5 Å². The third-order valence-corrected chi connectivity index (χ3v) is 2.38. The van der Waals surface area contributed by atoms with Crippen molar-refractivity contribution in [3.63, 3.8) is 0 Å². The predicted octanol–water partition coefficient (Wildman–Crippen LogP) is 2.93. The van der Waals surface area contributed by atoms with E-state index in [1.807, 2.05) is 13.8 Å². The van der Waals surface area contributed by atoms with E-state index in [4.69, 9.17) is 10.5 Å². The van der Waals surface area contributed by atoms with Gasteiger partial charge in [0.15, 0.2) is 0 Å². The molecule has 0 aliphatic heterocycles. The Morgan fingerprint density at radius 1 is 1.14 bits per heavy atom. The fourth-order valence-electron chi connectivity index (χ4n) is 1.64. The quantitative estimate of drug-likeness (QED) is 0.943. The predicted molar refractivity (Wildman–Crippen MR) is 70.4 cm³/mol. The molecule has 0 amide bonds. The molecule has 2 N–H and O–H groups in total. The first-order chi connectivity index (χ1) is 9.75. The van der Waals surface area contributed by atoms with Crippen LogP contribution >= 0.6 is 0 Å². The van der Waals surface area contributed by atoms with E-state index in [2.05, 4.69) is 15.0 Å². The molecule has 0 saturated carbocycles. The van der Waals surface area contributed by atoms with Crippen LogP contribution < -0.4 is 10.5 Å². The maximum atomic E-state index is 12.7. The molecule has 0 aliphatic rings. The number of hydrogen-bond acceptors (Lipinski definition) is 5. The number of nitrogen functional groups attached to an aromatic ring is 1. The number of pyridine rings is 1. The molecular formula is C13H13F3N4O. The number of hydrogen-bond donors (Lipinski definition) is 1. The minimum Gasteiger partial charge on any atom is -0.489 e. The number of rotatable bonds is 3. The molecule has 2 rings (SSSR count). The van der Waals surface area contributed by atoms with Crippen molar-refractivity contribution in [3.05, 3.63) is 30.4 Å². The van der Waals surface area contributed by atoms with Crippen molar-refractivity contribution < 1.29 is 17.9 Å². The molecule has 5 nitrogen and oxygen atoms in total. The average Bonchev–Trinajstić information content (AvgIpc) is 2.36. The summed E-state index contributed by atoms with van der Waals surface area (Å²) in [4.78, 5) is 10.6. The van der Waals surface area contributed by atoms with E-state index in [0.29, 0.717) is 11.3 Å². The molecule has 2 aromatic heterocycles. The molecule has 8 heteroatoms. The lowest BCUT2D eigenvalue weighted by Gasteiger charge is -2.11. The maximum absolute atomic E-state index is 12.7. The van der Waals surface area contributed by atoms with Crippen molar-refractivity contribution >= 4 is 5.82 Å². The normalized spacial score (nSPS) is 11.7. The lowest BCUT2D eigenvalue weighted by molar-refractivity contribution is -0.144. The van der Waals surface area contributed by atoms with E-state index in [0.717, 1.165) is 0 Å². The third-order valence-electron chi connectivity index (χ3n) is 2.38. The van der Waals surface area contributed by atoms with Gasteiger partial charge < -0.3 is 10.5 Å². The van der Waals surface area contributed by atoms with E-state index >= 15 is 0 Å². The molecule has 0 saturated heterocycles. The van der Waals surface area contributed by atoms with Gasteiger partial charge in [-0.05, 0) is 19.9 Å². The van der Waals surface area contributed by atoms with Crippen LogP contribution in [0.3, 0.4) is 0 Å². The van der Waals surface area contributed by atoms with Gasteiger partial charge in [-0.25, -0.2) is 9.97 Å². The Bertz CT molecular complexity index is 644. The molecule has 112 valence electrons. The lowest BCUT2D eigenvalue weighted by Crippen LogP contribution is -2.13. The van der Waals surface area contributed by atoms with Crippen LogP contribution in [-0.4, -0.2) is 21.1 Å². The second-order valence-corrected chi connectivity index (χ2v) is 4.58. The molecule has 0 unspecified atom stereocenters. The Kier molecular flexibility index (Phi) is 3.97. The maximum Gasteiger partial charge on any atom is 0.451 e. The Morgan fingerprint density at radius 2 is 1.86 bits per heavy atom. The Hall–Kier alpha value is -2.38. The summed E-state index contributed by atoms with van der Waals surface area (Å²) in [7, 11) is 0. The fourth-order valence-corrected chi connectivity index (χ4v) is 1.64. The van der Waals surface area contributed by atoms with Crippen LogP contribution in [0.4, 0.5) is 19.0 Å². The first kappa shape index (κ1) is 15.0. The van der Waals surface area contributed by atoms with Gasteiger partial charge >= 0.3 is 6.18 Å². The van der Waals surface area contributed by atoms with E-state index in [1.54, 1.807) is 6.07 Å². The standard InChI is InChI=1S/C13H13F3N4O/c1-7(2)21-9-3-8(5-18-6-9)10-4-11(17)20-12(19-10)13(14,15)16/h3-7H,1-2H3,(H2,17,19,20). The van der Waals surface area contributed by atoms with Crippen molar-refractivity contribution in [3.8, 4) is 17.0 Å². The van der Waals surface area contributed by atoms with Gasteiger partial charge in [0.25, 0.3) is 0 Å². The molecule has 2 aromatic rings. The molecule has 21 heavy (non-hydrogen) atoms. The number of nitrogens with zero attached hydrogens (tertiary/aromatic N) is 3. The average molecular weight is 298 g/mol. The second kappa shape index (κ2) is 5.55.